The van der Waals surface area contributed by atoms with Crippen LogP contribution in [0.5, 0.6) is 0 Å². The summed E-state index contributed by atoms with van der Waals surface area (Å²) in [4.78, 5) is 15.0. The van der Waals surface area contributed by atoms with Gasteiger partial charge in [-0.2, -0.15) is 0 Å². The van der Waals surface area contributed by atoms with Gasteiger partial charge in [-0.05, 0) is 50.3 Å². The SMILES string of the molecule is Cc1ccc(CN2[C@H]3CCC[C@H]2CC(NC(=O)Nc2ccccc2F)C3)cc1. The largest absolute Gasteiger partial charge is 0.335 e. The zero-order chi connectivity index (χ0) is 19.5. The van der Waals surface area contributed by atoms with Crippen molar-refractivity contribution in [3.05, 3.63) is 65.5 Å². The molecule has 2 saturated heterocycles. The van der Waals surface area contributed by atoms with E-state index in [0.717, 1.165) is 19.4 Å². The zero-order valence-corrected chi connectivity index (χ0v) is 16.3. The van der Waals surface area contributed by atoms with Gasteiger partial charge in [-0.1, -0.05) is 48.4 Å². The van der Waals surface area contributed by atoms with Crippen molar-refractivity contribution in [2.75, 3.05) is 5.32 Å². The molecule has 2 N–H and O–H groups in total. The molecule has 148 valence electrons. The quantitative estimate of drug-likeness (QED) is 0.796. The number of piperidine rings is 2. The van der Waals surface area contributed by atoms with Gasteiger partial charge >= 0.3 is 6.03 Å². The number of carbonyl (C=O) groups excluding carboxylic acids is 1. The molecule has 4 rings (SSSR count). The molecule has 2 aromatic carbocycles. The van der Waals surface area contributed by atoms with Crippen molar-refractivity contribution >= 4 is 11.7 Å². The second kappa shape index (κ2) is 8.31. The minimum absolute atomic E-state index is 0.136. The molecule has 2 amide bonds. The Morgan fingerprint density at radius 2 is 1.75 bits per heavy atom. The minimum Gasteiger partial charge on any atom is -0.335 e. The molecule has 2 heterocycles. The van der Waals surface area contributed by atoms with E-state index in [2.05, 4.69) is 46.7 Å². The van der Waals surface area contributed by atoms with E-state index in [-0.39, 0.29) is 17.8 Å². The number of anilines is 1. The average Bonchev–Trinajstić information content (AvgIpc) is 2.66. The average molecular weight is 381 g/mol. The van der Waals surface area contributed by atoms with Crippen molar-refractivity contribution in [2.45, 2.75) is 63.7 Å². The van der Waals surface area contributed by atoms with E-state index in [1.54, 1.807) is 18.2 Å². The summed E-state index contributed by atoms with van der Waals surface area (Å²) in [6.07, 6.45) is 5.51. The summed E-state index contributed by atoms with van der Waals surface area (Å²) in [6.45, 7) is 3.09. The lowest BCUT2D eigenvalue weighted by Crippen LogP contribution is -2.56. The van der Waals surface area contributed by atoms with Crippen LogP contribution in [0.1, 0.15) is 43.2 Å². The van der Waals surface area contributed by atoms with Crippen molar-refractivity contribution in [1.82, 2.24) is 10.2 Å². The molecule has 2 aromatic rings. The molecule has 0 radical (unpaired) electrons. The van der Waals surface area contributed by atoms with Crippen LogP contribution in [-0.2, 0) is 6.54 Å². The molecule has 0 unspecified atom stereocenters. The molecule has 2 aliphatic rings. The highest BCUT2D eigenvalue weighted by Gasteiger charge is 2.38. The number of nitrogens with one attached hydrogen (secondary N) is 2. The van der Waals surface area contributed by atoms with Crippen molar-refractivity contribution in [1.29, 1.82) is 0 Å². The summed E-state index contributed by atoms with van der Waals surface area (Å²) in [7, 11) is 0. The first-order valence-electron chi connectivity index (χ1n) is 10.2. The van der Waals surface area contributed by atoms with Crippen LogP contribution in [0.4, 0.5) is 14.9 Å². The molecule has 2 fully saturated rings. The third kappa shape index (κ3) is 4.36. The Balaban J connectivity index is 1.37. The fourth-order valence-electron chi connectivity index (χ4n) is 4.67. The van der Waals surface area contributed by atoms with Crippen molar-refractivity contribution < 1.29 is 9.18 Å². The lowest BCUT2D eigenvalue weighted by Gasteiger charge is -2.49. The summed E-state index contributed by atoms with van der Waals surface area (Å²) in [5, 5.41) is 5.71. The van der Waals surface area contributed by atoms with E-state index in [0.29, 0.717) is 12.1 Å². The molecule has 0 saturated carbocycles. The first-order valence-corrected chi connectivity index (χ1v) is 10.2. The van der Waals surface area contributed by atoms with Crippen LogP contribution in [0.25, 0.3) is 0 Å². The normalized spacial score (nSPS) is 24.6. The van der Waals surface area contributed by atoms with E-state index in [1.807, 2.05) is 0 Å². The second-order valence-corrected chi connectivity index (χ2v) is 8.14. The topological polar surface area (TPSA) is 44.4 Å². The van der Waals surface area contributed by atoms with E-state index in [1.165, 1.54) is 36.5 Å². The van der Waals surface area contributed by atoms with Crippen molar-refractivity contribution in [3.8, 4) is 0 Å². The van der Waals surface area contributed by atoms with Gasteiger partial charge in [0.1, 0.15) is 5.82 Å². The fourth-order valence-corrected chi connectivity index (χ4v) is 4.67. The molecular weight excluding hydrogens is 353 g/mol. The summed E-state index contributed by atoms with van der Waals surface area (Å²) in [5.74, 6) is -0.414. The molecule has 0 spiro atoms. The monoisotopic (exact) mass is 381 g/mol. The molecule has 5 heteroatoms. The highest BCUT2D eigenvalue weighted by Crippen LogP contribution is 2.35. The molecule has 0 aliphatic carbocycles. The number of nitrogens with zero attached hydrogens (tertiary/aromatic N) is 1. The van der Waals surface area contributed by atoms with Gasteiger partial charge in [0.2, 0.25) is 0 Å². The first kappa shape index (κ1) is 18.9. The zero-order valence-electron chi connectivity index (χ0n) is 16.3. The number of urea groups is 1. The van der Waals surface area contributed by atoms with Gasteiger partial charge in [0.25, 0.3) is 0 Å². The summed E-state index contributed by atoms with van der Waals surface area (Å²) >= 11 is 0. The van der Waals surface area contributed by atoms with E-state index < -0.39 is 5.82 Å². The lowest BCUT2D eigenvalue weighted by atomic mass is 9.81. The summed E-state index contributed by atoms with van der Waals surface area (Å²) in [5.41, 5.74) is 2.86. The number of halogens is 1. The predicted octanol–water partition coefficient (Wildman–Crippen LogP) is 4.84. The Kier molecular flexibility index (Phi) is 5.62. The van der Waals surface area contributed by atoms with Gasteiger partial charge in [-0.15, -0.1) is 0 Å². The van der Waals surface area contributed by atoms with Crippen molar-refractivity contribution in [2.24, 2.45) is 0 Å². The highest BCUT2D eigenvalue weighted by atomic mass is 19.1. The van der Waals surface area contributed by atoms with Crippen LogP contribution in [0.15, 0.2) is 48.5 Å². The fraction of sp³-hybridized carbons (Fsp3) is 0.435. The van der Waals surface area contributed by atoms with Crippen LogP contribution in [-0.4, -0.2) is 29.1 Å². The van der Waals surface area contributed by atoms with Gasteiger partial charge in [0.05, 0.1) is 5.69 Å². The summed E-state index contributed by atoms with van der Waals surface area (Å²) in [6, 6.07) is 15.8. The molecular formula is C23H28FN3O. The second-order valence-electron chi connectivity index (χ2n) is 8.14. The third-order valence-electron chi connectivity index (χ3n) is 6.07. The number of carbonyl (C=O) groups is 1. The Bertz CT molecular complexity index is 809. The van der Waals surface area contributed by atoms with E-state index >= 15 is 0 Å². The number of benzene rings is 2. The molecule has 0 aromatic heterocycles. The van der Waals surface area contributed by atoms with Gasteiger partial charge in [-0.25, -0.2) is 9.18 Å². The molecule has 2 aliphatic heterocycles. The molecule has 2 atom stereocenters. The number of aryl methyl sites for hydroxylation is 1. The van der Waals surface area contributed by atoms with Crippen LogP contribution in [0.3, 0.4) is 0 Å². The number of fused-ring (bicyclic) bond motifs is 2. The van der Waals surface area contributed by atoms with Gasteiger partial charge < -0.3 is 10.6 Å². The van der Waals surface area contributed by atoms with Crippen LogP contribution in [0.2, 0.25) is 0 Å². The highest BCUT2D eigenvalue weighted by molar-refractivity contribution is 5.89. The Labute approximate surface area is 166 Å². The predicted molar refractivity (Wildman–Crippen MR) is 110 cm³/mol. The Morgan fingerprint density at radius 1 is 1.07 bits per heavy atom. The van der Waals surface area contributed by atoms with Crippen molar-refractivity contribution in [3.63, 3.8) is 0 Å². The maximum Gasteiger partial charge on any atom is 0.319 e. The van der Waals surface area contributed by atoms with Crippen LogP contribution < -0.4 is 10.6 Å². The van der Waals surface area contributed by atoms with E-state index in [9.17, 15) is 9.18 Å². The Morgan fingerprint density at radius 3 is 2.43 bits per heavy atom. The van der Waals surface area contributed by atoms with Crippen LogP contribution >= 0.6 is 0 Å². The van der Waals surface area contributed by atoms with Gasteiger partial charge in [0, 0.05) is 24.7 Å². The number of hydrogen-bond donors (Lipinski definition) is 2. The number of para-hydroxylation sites is 1. The third-order valence-corrected chi connectivity index (χ3v) is 6.07. The standard InChI is InChI=1S/C23H28FN3O/c1-16-9-11-17(12-10-16)15-27-19-5-4-6-20(27)14-18(13-19)25-23(28)26-22-8-3-2-7-21(22)24/h2-3,7-12,18-20H,4-6,13-15H2,1H3,(H2,25,26,28)/t19-,20-/m0/s1. The number of hydrogen-bond acceptors (Lipinski definition) is 2. The van der Waals surface area contributed by atoms with Gasteiger partial charge in [0.15, 0.2) is 0 Å². The summed E-state index contributed by atoms with van der Waals surface area (Å²) < 4.78 is 13.8. The van der Waals surface area contributed by atoms with Crippen LogP contribution in [0, 0.1) is 12.7 Å². The number of rotatable bonds is 4. The maximum absolute atomic E-state index is 13.8. The Hall–Kier alpha value is -2.40. The first-order chi connectivity index (χ1) is 13.6. The molecule has 4 nitrogen and oxygen atoms in total. The molecule has 28 heavy (non-hydrogen) atoms. The van der Waals surface area contributed by atoms with E-state index in [4.69, 9.17) is 0 Å². The molecule has 2 bridgehead atoms. The smallest absolute Gasteiger partial charge is 0.319 e. The maximum atomic E-state index is 13.8. The number of amides is 2. The minimum atomic E-state index is -0.414. The lowest BCUT2D eigenvalue weighted by molar-refractivity contribution is 0.0200. The van der Waals surface area contributed by atoms with Gasteiger partial charge in [-0.3, -0.25) is 4.90 Å².